The molecule has 8 bridgehead atoms. The topological polar surface area (TPSA) is 460 Å². The fraction of sp³-hybridized carbons (Fsp3) is 0.613. The minimum atomic E-state index is -5.07. The van der Waals surface area contributed by atoms with Gasteiger partial charge in [-0.15, -0.1) is 0 Å². The average Bonchev–Trinajstić information content (AvgIpc) is 1.53. The fourth-order valence-electron chi connectivity index (χ4n) is 15.0. The molecule has 1 fully saturated rings. The molecule has 6 aliphatic heterocycles. The summed E-state index contributed by atoms with van der Waals surface area (Å²) in [6.07, 6.45) is -4.63. The zero-order valence-electron chi connectivity index (χ0n) is 53.5. The molecule has 7 heterocycles. The van der Waals surface area contributed by atoms with Crippen LogP contribution in [0.4, 0.5) is 0 Å². The van der Waals surface area contributed by atoms with Crippen LogP contribution in [0.25, 0.3) is 11.0 Å². The smallest absolute Gasteiger partial charge is 0.394 e. The van der Waals surface area contributed by atoms with Gasteiger partial charge in [-0.05, 0) is 108 Å². The van der Waals surface area contributed by atoms with E-state index in [-0.39, 0.29) is 94.0 Å². The number of fused-ring (bicyclic) bond motifs is 6. The Bertz CT molecular complexity index is 3610. The molecular formula is C62H88CoN13O14P. The summed E-state index contributed by atoms with van der Waals surface area (Å²) < 4.78 is 32.2. The van der Waals surface area contributed by atoms with E-state index in [2.05, 4.69) is 10.3 Å². The van der Waals surface area contributed by atoms with Crippen molar-refractivity contribution < 1.29 is 83.8 Å². The normalized spacial score (nSPS) is 33.1. The van der Waals surface area contributed by atoms with Crippen LogP contribution >= 0.6 is 7.82 Å². The van der Waals surface area contributed by atoms with Gasteiger partial charge in [0.1, 0.15) is 23.9 Å². The molecule has 8 rings (SSSR count). The van der Waals surface area contributed by atoms with Gasteiger partial charge in [-0.25, -0.2) is 9.55 Å². The first-order valence-electron chi connectivity index (χ1n) is 30.4. The number of hydrogen-bond donors (Lipinski definition) is 10. The first-order chi connectivity index (χ1) is 41.8. The maximum atomic E-state index is 14.4. The molecule has 91 heavy (non-hydrogen) atoms. The fourth-order valence-corrected chi connectivity index (χ4v) is 16.2. The van der Waals surface area contributed by atoms with Crippen LogP contribution < -0.4 is 39.7 Å². The second-order valence-corrected chi connectivity index (χ2v) is 28.2. The molecule has 27 nitrogen and oxygen atoms in total. The average molecular weight is 1330 g/mol. The molecule has 0 aliphatic carbocycles. The molecule has 14 atom stereocenters. The molecule has 1 saturated heterocycles. The largest absolute Gasteiger partial charge is 0.472 e. The van der Waals surface area contributed by atoms with E-state index in [1.165, 1.54) is 13.3 Å². The number of phosphoric ester groups is 1. The number of carbonyl (C=O) groups is 7. The van der Waals surface area contributed by atoms with Gasteiger partial charge in [-0.1, -0.05) is 34.6 Å². The van der Waals surface area contributed by atoms with Gasteiger partial charge >= 0.3 is 7.82 Å². The number of aryl methyl sites for hydroxylation is 2. The van der Waals surface area contributed by atoms with Crippen LogP contribution in [0.1, 0.15) is 150 Å². The zero-order chi connectivity index (χ0) is 66.7. The van der Waals surface area contributed by atoms with Crippen LogP contribution in [0.5, 0.6) is 0 Å². The molecule has 0 saturated carbocycles. The number of benzene rings is 1. The van der Waals surface area contributed by atoms with Gasteiger partial charge in [0, 0.05) is 136 Å². The van der Waals surface area contributed by atoms with Gasteiger partial charge in [0.2, 0.25) is 41.4 Å². The number of nitrogens with two attached hydrogens (primary N) is 6. The predicted octanol–water partition coefficient (Wildman–Crippen LogP) is 3.64. The van der Waals surface area contributed by atoms with Crippen LogP contribution in [-0.4, -0.2) is 132 Å². The summed E-state index contributed by atoms with van der Waals surface area (Å²) in [5.74, 6) is -7.52. The summed E-state index contributed by atoms with van der Waals surface area (Å²) in [7, 11) is -5.07. The Morgan fingerprint density at radius 1 is 0.736 bits per heavy atom. The number of ether oxygens (including phenoxy) is 1. The first-order valence-corrected chi connectivity index (χ1v) is 31.9. The number of imidazole rings is 1. The molecule has 2 aromatic rings. The summed E-state index contributed by atoms with van der Waals surface area (Å²) in [5.41, 5.74) is 36.8. The van der Waals surface area contributed by atoms with Crippen LogP contribution in [-0.2, 0) is 68.7 Å². The maximum absolute atomic E-state index is 14.4. The Balaban J connectivity index is 0.0000118. The number of aromatic nitrogens is 2. The summed E-state index contributed by atoms with van der Waals surface area (Å²) in [4.78, 5) is 131. The summed E-state index contributed by atoms with van der Waals surface area (Å²) in [6.45, 7) is 19.0. The van der Waals surface area contributed by atoms with E-state index in [1.807, 2.05) is 66.7 Å². The number of nitrogens with zero attached hydrogens (tertiary/aromatic N) is 6. The Kier molecular flexibility index (Phi) is 21.1. The number of primary amides is 6. The van der Waals surface area contributed by atoms with Crippen molar-refractivity contribution >= 4 is 83.1 Å². The standard InChI is InChI=1S/C62H88N13O14P.Co/c1-29-20-39-40(21-30(29)2)75(28-70-39)57-52(84)53(41(27-76)87-57)89-90(85,86)88-31(3)26-69-49(83)18-19-59(8)37(22-46(66)80)56-62(11)61(10,25-48(68)82)36(14-17-45(65)79)51(74-62)33(5)55-60(9,24-47(67)81)34(12-15-43(63)77)38(71-55)23-42-58(6,7)35(13-16-44(64)78)50(72-42)32(4)54(59)73-56;/h20-21,23,28,31,34-37,41,52-53,57,76,84H,12-19,22,24-27H2,1-11H3,(H2,63,77)(H2,64,78)(H2,65,79)(H2,66,80)(H2,67,81)(H2,68,82)(H,69,83)(H,85,86);/b42-23-,54-32-,55-33-;. The number of aliphatic hydroxyl groups excluding tert-OH is 2. The van der Waals surface area contributed by atoms with Gasteiger partial charge < -0.3 is 64.1 Å². The van der Waals surface area contributed by atoms with Crippen molar-refractivity contribution in [2.75, 3.05) is 13.2 Å². The second-order valence-electron chi connectivity index (χ2n) is 26.8. The predicted molar refractivity (Wildman–Crippen MR) is 334 cm³/mol. The van der Waals surface area contributed by atoms with Crippen molar-refractivity contribution in [1.29, 1.82) is 0 Å². The van der Waals surface area contributed by atoms with E-state index in [0.717, 1.165) is 11.1 Å². The minimum absolute atomic E-state index is 0. The summed E-state index contributed by atoms with van der Waals surface area (Å²) >= 11 is 0. The molecule has 29 heteroatoms. The van der Waals surface area contributed by atoms with Gasteiger partial charge in [-0.3, -0.25) is 62.6 Å². The van der Waals surface area contributed by atoms with Crippen molar-refractivity contribution in [3.05, 3.63) is 63.9 Å². The Morgan fingerprint density at radius 3 is 1.89 bits per heavy atom. The van der Waals surface area contributed by atoms with Gasteiger partial charge in [0.25, 0.3) is 0 Å². The molecule has 1 aromatic heterocycles. The zero-order valence-corrected chi connectivity index (χ0v) is 55.4. The first kappa shape index (κ1) is 71.8. The van der Waals surface area contributed by atoms with Crippen molar-refractivity contribution in [1.82, 2.24) is 14.9 Å². The van der Waals surface area contributed by atoms with Crippen LogP contribution in [0, 0.1) is 59.2 Å². The third-order valence-corrected chi connectivity index (χ3v) is 21.3. The summed E-state index contributed by atoms with van der Waals surface area (Å²) in [5, 5.41) is 24.6. The number of aliphatic imine (C=N–C) groups is 4. The number of rotatable bonds is 26. The van der Waals surface area contributed by atoms with Crippen molar-refractivity contribution in [3.63, 3.8) is 0 Å². The number of carbonyl (C=O) groups excluding carboxylic acids is 7. The van der Waals surface area contributed by atoms with E-state index in [4.69, 9.17) is 68.2 Å². The Hall–Kier alpha value is -6.62. The number of phosphoric acid groups is 1. The number of allylic oxidation sites excluding steroid dienone is 6. The Morgan fingerprint density at radius 2 is 1.31 bits per heavy atom. The molecule has 16 N–H and O–H groups in total. The van der Waals surface area contributed by atoms with E-state index >= 15 is 0 Å². The molecule has 1 radical (unpaired) electrons. The molecule has 7 amide bonds. The molecule has 0 spiro atoms. The quantitative estimate of drug-likeness (QED) is 0.0601. The Labute approximate surface area is 539 Å². The summed E-state index contributed by atoms with van der Waals surface area (Å²) in [6, 6.07) is 3.73. The third kappa shape index (κ3) is 13.8. The number of amides is 7. The van der Waals surface area contributed by atoms with Crippen molar-refractivity contribution in [2.24, 2.45) is 99.7 Å². The van der Waals surface area contributed by atoms with Gasteiger partial charge in [0.05, 0.1) is 47.2 Å². The van der Waals surface area contributed by atoms with Crippen LogP contribution in [0.15, 0.2) is 72.7 Å². The maximum Gasteiger partial charge on any atom is 0.472 e. The number of hydrogen-bond acceptors (Lipinski definition) is 18. The van der Waals surface area contributed by atoms with Gasteiger partial charge in [0.15, 0.2) is 6.23 Å². The second kappa shape index (κ2) is 26.8. The van der Waals surface area contributed by atoms with Crippen LogP contribution in [0.3, 0.4) is 0 Å². The van der Waals surface area contributed by atoms with Crippen molar-refractivity contribution in [3.8, 4) is 0 Å². The molecule has 14 unspecified atom stereocenters. The van der Waals surface area contributed by atoms with Gasteiger partial charge in [-0.2, -0.15) is 0 Å². The van der Waals surface area contributed by atoms with Crippen LogP contribution in [0.2, 0.25) is 0 Å². The molecule has 6 aliphatic rings. The number of nitrogens with one attached hydrogen (secondary N) is 1. The van der Waals surface area contributed by atoms with E-state index in [9.17, 15) is 53.2 Å². The number of aliphatic hydroxyl groups is 2. The van der Waals surface area contributed by atoms with Crippen molar-refractivity contribution in [2.45, 2.75) is 183 Å². The molecular weight excluding hydrogens is 1240 g/mol. The third-order valence-electron chi connectivity index (χ3n) is 20.2. The minimum Gasteiger partial charge on any atom is -0.394 e. The SMILES string of the molecule is C/C1=C2N=C(/C=C3N=C(/C(C)=C4\N=C(C(CC(N)=O)C4(C)CCC(=O)NCC(C)OP(=O)(O)OC4C(CO)OC(n5cnc6cc(C)c(C)cc65)C4O)C4(C)N=C1C(CCC(N)=O)C4(C)CC(N)=O)C(CCC(N)=O)C\3(C)C)C(CCC(N)=O)C/2(C)CC(N)=O.[Co]. The van der Waals surface area contributed by atoms with E-state index in [1.54, 1.807) is 25.3 Å². The monoisotopic (exact) mass is 1330 g/mol. The molecule has 1 aromatic carbocycles. The molecule has 499 valence electrons. The van der Waals surface area contributed by atoms with E-state index in [0.29, 0.717) is 62.1 Å². The van der Waals surface area contributed by atoms with E-state index < -0.39 is 137 Å².